The van der Waals surface area contributed by atoms with Crippen LogP contribution in [0, 0.1) is 11.3 Å². The molecule has 21 heavy (non-hydrogen) atoms. The van der Waals surface area contributed by atoms with Crippen LogP contribution in [0.3, 0.4) is 0 Å². The van der Waals surface area contributed by atoms with Crippen molar-refractivity contribution in [2.75, 3.05) is 6.54 Å². The maximum atomic E-state index is 12.6. The summed E-state index contributed by atoms with van der Waals surface area (Å²) in [4.78, 5) is 14.7. The molecule has 0 aromatic carbocycles. The lowest BCUT2D eigenvalue weighted by Gasteiger charge is -2.38. The van der Waals surface area contributed by atoms with E-state index >= 15 is 0 Å². The Kier molecular flexibility index (Phi) is 5.31. The molecule has 0 spiro atoms. The van der Waals surface area contributed by atoms with Crippen molar-refractivity contribution in [3.63, 3.8) is 0 Å². The van der Waals surface area contributed by atoms with Gasteiger partial charge in [0.2, 0.25) is 5.91 Å². The van der Waals surface area contributed by atoms with Crippen LogP contribution in [-0.2, 0) is 4.79 Å². The van der Waals surface area contributed by atoms with E-state index in [2.05, 4.69) is 25.7 Å². The number of aliphatic hydroxyl groups is 1. The number of amides is 1. The summed E-state index contributed by atoms with van der Waals surface area (Å²) in [5, 5.41) is 9.83. The first-order valence-corrected chi connectivity index (χ1v) is 8.52. The first kappa shape index (κ1) is 16.8. The highest BCUT2D eigenvalue weighted by molar-refractivity contribution is 5.77. The van der Waals surface area contributed by atoms with Crippen LogP contribution in [0.15, 0.2) is 0 Å². The molecule has 3 N–H and O–H groups in total. The van der Waals surface area contributed by atoms with E-state index in [0.29, 0.717) is 24.8 Å². The van der Waals surface area contributed by atoms with Gasteiger partial charge in [0, 0.05) is 18.5 Å². The zero-order valence-corrected chi connectivity index (χ0v) is 13.8. The number of fused-ring (bicyclic) bond motifs is 2. The zero-order chi connectivity index (χ0) is 15.6. The molecule has 0 radical (unpaired) electrons. The van der Waals surface area contributed by atoms with Gasteiger partial charge in [-0.1, -0.05) is 20.8 Å². The highest BCUT2D eigenvalue weighted by atomic mass is 16.3. The molecule has 2 aliphatic rings. The maximum absolute atomic E-state index is 12.6. The van der Waals surface area contributed by atoms with E-state index in [9.17, 15) is 9.90 Å². The van der Waals surface area contributed by atoms with Crippen molar-refractivity contribution >= 4 is 5.91 Å². The predicted octanol–water partition coefficient (Wildman–Crippen LogP) is 2.29. The number of carbonyl (C=O) groups is 1. The molecule has 2 bridgehead atoms. The Labute approximate surface area is 129 Å². The van der Waals surface area contributed by atoms with Gasteiger partial charge in [-0.25, -0.2) is 0 Å². The van der Waals surface area contributed by atoms with Crippen LogP contribution in [-0.4, -0.2) is 40.6 Å². The number of nitrogens with zero attached hydrogens (tertiary/aromatic N) is 1. The predicted molar refractivity (Wildman–Crippen MR) is 84.7 cm³/mol. The fourth-order valence-electron chi connectivity index (χ4n) is 4.19. The van der Waals surface area contributed by atoms with Gasteiger partial charge >= 0.3 is 0 Å². The number of aliphatic hydroxyl groups excluding tert-OH is 1. The van der Waals surface area contributed by atoms with Gasteiger partial charge in [0.05, 0.1) is 6.10 Å². The molecule has 1 amide bonds. The van der Waals surface area contributed by atoms with Crippen LogP contribution in [0.5, 0.6) is 0 Å². The molecule has 4 nitrogen and oxygen atoms in total. The van der Waals surface area contributed by atoms with Crippen LogP contribution in [0.2, 0.25) is 0 Å². The van der Waals surface area contributed by atoms with E-state index in [1.165, 1.54) is 0 Å². The van der Waals surface area contributed by atoms with Crippen molar-refractivity contribution in [3.8, 4) is 0 Å². The Morgan fingerprint density at radius 2 is 1.81 bits per heavy atom. The second kappa shape index (κ2) is 6.66. The Morgan fingerprint density at radius 1 is 1.24 bits per heavy atom. The molecule has 0 aliphatic carbocycles. The minimum atomic E-state index is -0.203. The first-order valence-electron chi connectivity index (χ1n) is 8.52. The van der Waals surface area contributed by atoms with Gasteiger partial charge < -0.3 is 15.7 Å². The van der Waals surface area contributed by atoms with Gasteiger partial charge in [0.15, 0.2) is 0 Å². The molecule has 2 fully saturated rings. The fraction of sp³-hybridized carbons (Fsp3) is 0.941. The second-order valence-electron chi connectivity index (χ2n) is 7.99. The molecule has 0 aromatic heterocycles. The minimum absolute atomic E-state index is 0.203. The molecule has 3 unspecified atom stereocenters. The SMILES string of the molecule is CC(C)(C)C(CCN)CCC(=O)N1C2CCC1CC(O)C2. The van der Waals surface area contributed by atoms with Crippen LogP contribution < -0.4 is 5.73 Å². The molecule has 4 heteroatoms. The van der Waals surface area contributed by atoms with Crippen LogP contribution in [0.25, 0.3) is 0 Å². The van der Waals surface area contributed by atoms with Crippen LogP contribution >= 0.6 is 0 Å². The van der Waals surface area contributed by atoms with Crippen molar-refractivity contribution in [2.45, 2.75) is 83.9 Å². The van der Waals surface area contributed by atoms with E-state index in [4.69, 9.17) is 5.73 Å². The smallest absolute Gasteiger partial charge is 0.223 e. The van der Waals surface area contributed by atoms with Crippen molar-refractivity contribution < 1.29 is 9.90 Å². The number of hydrogen-bond donors (Lipinski definition) is 2. The molecule has 2 aliphatic heterocycles. The Bertz CT molecular complexity index is 350. The Hall–Kier alpha value is -0.610. The summed E-state index contributed by atoms with van der Waals surface area (Å²) in [5.41, 5.74) is 5.93. The average Bonchev–Trinajstić information content (AvgIpc) is 2.65. The number of hydrogen-bond acceptors (Lipinski definition) is 3. The Balaban J connectivity index is 1.90. The number of nitrogens with two attached hydrogens (primary N) is 1. The third-order valence-electron chi connectivity index (χ3n) is 5.44. The number of piperidine rings is 1. The van der Waals surface area contributed by atoms with E-state index in [1.54, 1.807) is 0 Å². The summed E-state index contributed by atoms with van der Waals surface area (Å²) in [6.45, 7) is 7.40. The van der Waals surface area contributed by atoms with Crippen molar-refractivity contribution in [3.05, 3.63) is 0 Å². The van der Waals surface area contributed by atoms with Crippen molar-refractivity contribution in [2.24, 2.45) is 17.1 Å². The number of rotatable bonds is 5. The molecular weight excluding hydrogens is 264 g/mol. The van der Waals surface area contributed by atoms with Crippen molar-refractivity contribution in [1.29, 1.82) is 0 Å². The van der Waals surface area contributed by atoms with E-state index in [0.717, 1.165) is 38.5 Å². The lowest BCUT2D eigenvalue weighted by atomic mass is 9.76. The third kappa shape index (κ3) is 3.98. The van der Waals surface area contributed by atoms with Gasteiger partial charge in [-0.3, -0.25) is 4.79 Å². The highest BCUT2D eigenvalue weighted by Gasteiger charge is 2.42. The molecule has 2 heterocycles. The quantitative estimate of drug-likeness (QED) is 0.818. The number of carbonyl (C=O) groups excluding carboxylic acids is 1. The average molecular weight is 296 g/mol. The molecule has 3 atom stereocenters. The highest BCUT2D eigenvalue weighted by Crippen LogP contribution is 2.37. The fourth-order valence-corrected chi connectivity index (χ4v) is 4.19. The van der Waals surface area contributed by atoms with E-state index < -0.39 is 0 Å². The van der Waals surface area contributed by atoms with Crippen LogP contribution in [0.1, 0.15) is 65.7 Å². The van der Waals surface area contributed by atoms with E-state index in [1.807, 2.05) is 0 Å². The zero-order valence-electron chi connectivity index (χ0n) is 13.8. The Morgan fingerprint density at radius 3 is 2.29 bits per heavy atom. The molecule has 2 saturated heterocycles. The summed E-state index contributed by atoms with van der Waals surface area (Å²) in [7, 11) is 0. The summed E-state index contributed by atoms with van der Waals surface area (Å²) >= 11 is 0. The molecular formula is C17H32N2O2. The summed E-state index contributed by atoms with van der Waals surface area (Å²) in [6.07, 6.45) is 6.02. The normalized spacial score (nSPS) is 30.5. The molecule has 0 saturated carbocycles. The van der Waals surface area contributed by atoms with E-state index in [-0.39, 0.29) is 23.6 Å². The summed E-state index contributed by atoms with van der Waals surface area (Å²) in [5.74, 6) is 0.792. The lowest BCUT2D eigenvalue weighted by molar-refractivity contribution is -0.137. The summed E-state index contributed by atoms with van der Waals surface area (Å²) in [6, 6.07) is 0.572. The van der Waals surface area contributed by atoms with Gasteiger partial charge in [0.1, 0.15) is 0 Å². The van der Waals surface area contributed by atoms with Gasteiger partial charge in [-0.15, -0.1) is 0 Å². The van der Waals surface area contributed by atoms with Crippen molar-refractivity contribution in [1.82, 2.24) is 4.90 Å². The van der Waals surface area contributed by atoms with Gasteiger partial charge in [-0.2, -0.15) is 0 Å². The first-order chi connectivity index (χ1) is 9.82. The largest absolute Gasteiger partial charge is 0.393 e. The topological polar surface area (TPSA) is 66.6 Å². The van der Waals surface area contributed by atoms with Crippen LogP contribution in [0.4, 0.5) is 0 Å². The van der Waals surface area contributed by atoms with Gasteiger partial charge in [-0.05, 0) is 56.4 Å². The second-order valence-corrected chi connectivity index (χ2v) is 7.99. The standard InChI is InChI=1S/C17H32N2O2/c1-17(2,3)12(8-9-18)4-7-16(21)19-13-5-6-14(19)11-15(20)10-13/h12-15,20H,4-11,18H2,1-3H3. The minimum Gasteiger partial charge on any atom is -0.393 e. The van der Waals surface area contributed by atoms with Gasteiger partial charge in [0.25, 0.3) is 0 Å². The molecule has 122 valence electrons. The molecule has 0 aromatic rings. The monoisotopic (exact) mass is 296 g/mol. The third-order valence-corrected chi connectivity index (χ3v) is 5.44. The maximum Gasteiger partial charge on any atom is 0.223 e. The summed E-state index contributed by atoms with van der Waals surface area (Å²) < 4.78 is 0. The molecule has 2 rings (SSSR count). The lowest BCUT2D eigenvalue weighted by Crippen LogP contribution is -2.48.